The van der Waals surface area contributed by atoms with Crippen LogP contribution in [0, 0.1) is 11.7 Å². The van der Waals surface area contributed by atoms with E-state index in [1.807, 2.05) is 13.8 Å². The number of halogens is 1. The lowest BCUT2D eigenvalue weighted by Crippen LogP contribution is -2.50. The average Bonchev–Trinajstić information content (AvgIpc) is 2.46. The number of pyridine rings is 1. The van der Waals surface area contributed by atoms with Gasteiger partial charge in [0.1, 0.15) is 6.04 Å². The first-order valence-electron chi connectivity index (χ1n) is 6.83. The SMILES string of the molecule is CC(C)C(Nc1ncccc1F)C(=O)N1CCOCC1. The van der Waals surface area contributed by atoms with Gasteiger partial charge in [-0.15, -0.1) is 0 Å². The Balaban J connectivity index is 2.10. The number of hydrogen-bond acceptors (Lipinski definition) is 4. The molecule has 20 heavy (non-hydrogen) atoms. The maximum absolute atomic E-state index is 13.6. The van der Waals surface area contributed by atoms with Gasteiger partial charge in [0, 0.05) is 19.3 Å². The lowest BCUT2D eigenvalue weighted by atomic mass is 10.0. The minimum atomic E-state index is -0.488. The van der Waals surface area contributed by atoms with Crippen molar-refractivity contribution in [3.05, 3.63) is 24.1 Å². The molecule has 1 aliphatic rings. The number of rotatable bonds is 4. The van der Waals surface area contributed by atoms with E-state index in [-0.39, 0.29) is 17.6 Å². The summed E-state index contributed by atoms with van der Waals surface area (Å²) in [7, 11) is 0. The Hall–Kier alpha value is -1.69. The number of ether oxygens (including phenoxy) is 1. The number of morpholine rings is 1. The number of amides is 1. The Morgan fingerprint density at radius 2 is 2.15 bits per heavy atom. The van der Waals surface area contributed by atoms with Gasteiger partial charge in [-0.2, -0.15) is 0 Å². The summed E-state index contributed by atoms with van der Waals surface area (Å²) in [6.07, 6.45) is 1.50. The predicted octanol–water partition coefficient (Wildman–Crippen LogP) is 1.52. The normalized spacial score (nSPS) is 17.1. The lowest BCUT2D eigenvalue weighted by molar-refractivity contribution is -0.137. The number of carbonyl (C=O) groups is 1. The lowest BCUT2D eigenvalue weighted by Gasteiger charge is -2.32. The van der Waals surface area contributed by atoms with Crippen molar-refractivity contribution in [1.82, 2.24) is 9.88 Å². The van der Waals surface area contributed by atoms with E-state index in [9.17, 15) is 9.18 Å². The molecule has 0 radical (unpaired) electrons. The van der Waals surface area contributed by atoms with Crippen LogP contribution in [0.25, 0.3) is 0 Å². The summed E-state index contributed by atoms with van der Waals surface area (Å²) < 4.78 is 18.9. The molecule has 2 rings (SSSR count). The standard InChI is InChI=1S/C14H20FN3O2/c1-10(2)12(14(19)18-6-8-20-9-7-18)17-13-11(15)4-3-5-16-13/h3-5,10,12H,6-9H2,1-2H3,(H,16,17). The highest BCUT2D eigenvalue weighted by Gasteiger charge is 2.29. The van der Waals surface area contributed by atoms with Crippen LogP contribution in [0.3, 0.4) is 0 Å². The van der Waals surface area contributed by atoms with Crippen molar-refractivity contribution in [2.75, 3.05) is 31.6 Å². The molecule has 1 aromatic rings. The monoisotopic (exact) mass is 281 g/mol. The van der Waals surface area contributed by atoms with Crippen LogP contribution in [0.15, 0.2) is 18.3 Å². The molecule has 6 heteroatoms. The summed E-state index contributed by atoms with van der Waals surface area (Å²) in [6, 6.07) is 2.36. The van der Waals surface area contributed by atoms with Crippen LogP contribution in [-0.4, -0.2) is 48.1 Å². The zero-order valence-electron chi connectivity index (χ0n) is 11.8. The molecule has 1 atom stereocenters. The minimum Gasteiger partial charge on any atom is -0.378 e. The van der Waals surface area contributed by atoms with Gasteiger partial charge in [0.15, 0.2) is 11.6 Å². The second kappa shape index (κ2) is 6.65. The van der Waals surface area contributed by atoms with E-state index in [2.05, 4.69) is 10.3 Å². The van der Waals surface area contributed by atoms with Gasteiger partial charge >= 0.3 is 0 Å². The van der Waals surface area contributed by atoms with Crippen LogP contribution >= 0.6 is 0 Å². The maximum Gasteiger partial charge on any atom is 0.245 e. The zero-order chi connectivity index (χ0) is 14.5. The zero-order valence-corrected chi connectivity index (χ0v) is 11.8. The molecule has 1 saturated heterocycles. The molecule has 1 fully saturated rings. The third-order valence-corrected chi connectivity index (χ3v) is 3.31. The molecule has 0 aliphatic carbocycles. The van der Waals surface area contributed by atoms with Crippen LogP contribution in [0.2, 0.25) is 0 Å². The highest BCUT2D eigenvalue weighted by Crippen LogP contribution is 2.16. The Bertz CT molecular complexity index is 461. The molecule has 1 N–H and O–H groups in total. The van der Waals surface area contributed by atoms with Crippen molar-refractivity contribution in [3.8, 4) is 0 Å². The number of nitrogens with zero attached hydrogens (tertiary/aromatic N) is 2. The average molecular weight is 281 g/mol. The summed E-state index contributed by atoms with van der Waals surface area (Å²) >= 11 is 0. The molecule has 0 aromatic carbocycles. The molecular weight excluding hydrogens is 261 g/mol. The van der Waals surface area contributed by atoms with E-state index in [1.165, 1.54) is 18.3 Å². The highest BCUT2D eigenvalue weighted by atomic mass is 19.1. The molecule has 1 aromatic heterocycles. The van der Waals surface area contributed by atoms with E-state index < -0.39 is 11.9 Å². The van der Waals surface area contributed by atoms with E-state index in [0.717, 1.165) is 0 Å². The van der Waals surface area contributed by atoms with Gasteiger partial charge in [0.2, 0.25) is 5.91 Å². The highest BCUT2D eigenvalue weighted by molar-refractivity contribution is 5.84. The fourth-order valence-corrected chi connectivity index (χ4v) is 2.13. The Labute approximate surface area is 118 Å². The molecule has 1 aliphatic heterocycles. The number of nitrogens with one attached hydrogen (secondary N) is 1. The maximum atomic E-state index is 13.6. The molecule has 1 amide bonds. The van der Waals surface area contributed by atoms with E-state index in [1.54, 1.807) is 4.90 Å². The van der Waals surface area contributed by atoms with Gasteiger partial charge in [0.05, 0.1) is 13.2 Å². The summed E-state index contributed by atoms with van der Waals surface area (Å²) in [5.41, 5.74) is 0. The van der Waals surface area contributed by atoms with Crippen molar-refractivity contribution in [1.29, 1.82) is 0 Å². The van der Waals surface area contributed by atoms with Crippen LogP contribution in [0.5, 0.6) is 0 Å². The Morgan fingerprint density at radius 1 is 1.45 bits per heavy atom. The van der Waals surface area contributed by atoms with Crippen molar-refractivity contribution in [3.63, 3.8) is 0 Å². The van der Waals surface area contributed by atoms with Gasteiger partial charge in [-0.3, -0.25) is 4.79 Å². The quantitative estimate of drug-likeness (QED) is 0.909. The number of hydrogen-bond donors (Lipinski definition) is 1. The van der Waals surface area contributed by atoms with Gasteiger partial charge in [-0.25, -0.2) is 9.37 Å². The molecule has 0 spiro atoms. The fraction of sp³-hybridized carbons (Fsp3) is 0.571. The molecule has 2 heterocycles. The third kappa shape index (κ3) is 3.45. The minimum absolute atomic E-state index is 0.0339. The number of aromatic nitrogens is 1. The van der Waals surface area contributed by atoms with Crippen molar-refractivity contribution in [2.45, 2.75) is 19.9 Å². The van der Waals surface area contributed by atoms with Gasteiger partial charge < -0.3 is 15.0 Å². The second-order valence-corrected chi connectivity index (χ2v) is 5.14. The van der Waals surface area contributed by atoms with Gasteiger partial charge in [-0.1, -0.05) is 13.8 Å². The van der Waals surface area contributed by atoms with Gasteiger partial charge in [0.25, 0.3) is 0 Å². The van der Waals surface area contributed by atoms with Crippen molar-refractivity contribution >= 4 is 11.7 Å². The summed E-state index contributed by atoms with van der Waals surface area (Å²) in [5, 5.41) is 2.93. The Morgan fingerprint density at radius 3 is 2.75 bits per heavy atom. The van der Waals surface area contributed by atoms with E-state index in [4.69, 9.17) is 4.74 Å². The predicted molar refractivity (Wildman–Crippen MR) is 73.8 cm³/mol. The van der Waals surface area contributed by atoms with Crippen molar-refractivity contribution in [2.24, 2.45) is 5.92 Å². The molecular formula is C14H20FN3O2. The topological polar surface area (TPSA) is 54.5 Å². The largest absolute Gasteiger partial charge is 0.378 e. The fourth-order valence-electron chi connectivity index (χ4n) is 2.13. The molecule has 0 bridgehead atoms. The Kier molecular flexibility index (Phi) is 4.89. The van der Waals surface area contributed by atoms with Crippen LogP contribution in [-0.2, 0) is 9.53 Å². The first-order chi connectivity index (χ1) is 9.59. The van der Waals surface area contributed by atoms with E-state index in [0.29, 0.717) is 26.3 Å². The van der Waals surface area contributed by atoms with Crippen molar-refractivity contribution < 1.29 is 13.9 Å². The van der Waals surface area contributed by atoms with E-state index >= 15 is 0 Å². The smallest absolute Gasteiger partial charge is 0.245 e. The third-order valence-electron chi connectivity index (χ3n) is 3.31. The number of carbonyl (C=O) groups excluding carboxylic acids is 1. The molecule has 5 nitrogen and oxygen atoms in total. The first-order valence-corrected chi connectivity index (χ1v) is 6.83. The molecule has 1 unspecified atom stereocenters. The molecule has 0 saturated carbocycles. The van der Waals surface area contributed by atoms with Gasteiger partial charge in [-0.05, 0) is 18.1 Å². The summed E-state index contributed by atoms with van der Waals surface area (Å²) in [6.45, 7) is 6.11. The molecule has 110 valence electrons. The van der Waals surface area contributed by atoms with Crippen LogP contribution in [0.4, 0.5) is 10.2 Å². The van der Waals surface area contributed by atoms with Crippen LogP contribution in [0.1, 0.15) is 13.8 Å². The number of anilines is 1. The summed E-state index contributed by atoms with van der Waals surface area (Å²) in [5.74, 6) is -0.333. The van der Waals surface area contributed by atoms with Crippen LogP contribution < -0.4 is 5.32 Å². The first kappa shape index (κ1) is 14.7. The summed E-state index contributed by atoms with van der Waals surface area (Å²) in [4.78, 5) is 18.2. The second-order valence-electron chi connectivity index (χ2n) is 5.14.